The van der Waals surface area contributed by atoms with Crippen LogP contribution < -0.4 is 10.6 Å². The minimum Gasteiger partial charge on any atom is -0.376 e. The summed E-state index contributed by atoms with van der Waals surface area (Å²) in [5.74, 6) is 0.480. The van der Waals surface area contributed by atoms with Crippen LogP contribution in [0, 0.1) is 5.92 Å². The van der Waals surface area contributed by atoms with Gasteiger partial charge in [-0.3, -0.25) is 0 Å². The molecule has 6 nitrogen and oxygen atoms in total. The molecule has 0 unspecified atom stereocenters. The molecule has 23 heavy (non-hydrogen) atoms. The molecule has 0 radical (unpaired) electrons. The van der Waals surface area contributed by atoms with E-state index in [4.69, 9.17) is 4.74 Å². The second-order valence-corrected chi connectivity index (χ2v) is 8.47. The summed E-state index contributed by atoms with van der Waals surface area (Å²) >= 11 is 1.55. The van der Waals surface area contributed by atoms with Crippen LogP contribution in [-0.2, 0) is 16.7 Å². The van der Waals surface area contributed by atoms with Crippen LogP contribution in [0.1, 0.15) is 57.5 Å². The van der Waals surface area contributed by atoms with Crippen LogP contribution in [0.25, 0.3) is 0 Å². The summed E-state index contributed by atoms with van der Waals surface area (Å²) in [5.41, 5.74) is -0.00534. The molecule has 7 heteroatoms. The van der Waals surface area contributed by atoms with Crippen molar-refractivity contribution in [2.45, 2.75) is 71.6 Å². The Bertz CT molecular complexity index is 516. The maximum Gasteiger partial charge on any atom is 0.315 e. The summed E-state index contributed by atoms with van der Waals surface area (Å²) in [6, 6.07) is -0.149. The Morgan fingerprint density at radius 1 is 1.22 bits per heavy atom. The topological polar surface area (TPSA) is 76.1 Å². The summed E-state index contributed by atoms with van der Waals surface area (Å²) in [4.78, 5) is 11.9. The molecule has 1 aromatic heterocycles. The molecule has 1 aromatic rings. The van der Waals surface area contributed by atoms with Crippen LogP contribution in [0.5, 0.6) is 0 Å². The van der Waals surface area contributed by atoms with Gasteiger partial charge in [0.15, 0.2) is 0 Å². The summed E-state index contributed by atoms with van der Waals surface area (Å²) in [5, 5.41) is 15.9. The molecule has 0 spiro atoms. The standard InChI is InChI=1S/C16H28N4O2S/c1-10-6-12(7-11(2)22-10)8-17-15(21)18-9-13-19-20-14(23-13)16(3,4)5/h10-12H,6-9H2,1-5H3,(H2,17,18,21)/t10-,11-/m0/s1. The fourth-order valence-electron chi connectivity index (χ4n) is 2.79. The molecule has 1 fully saturated rings. The smallest absolute Gasteiger partial charge is 0.315 e. The first-order valence-electron chi connectivity index (χ1n) is 8.24. The Hall–Kier alpha value is -1.21. The normalized spacial score (nSPS) is 25.2. The summed E-state index contributed by atoms with van der Waals surface area (Å²) < 4.78 is 5.72. The summed E-state index contributed by atoms with van der Waals surface area (Å²) in [6.07, 6.45) is 2.53. The minimum absolute atomic E-state index is 0.00534. The van der Waals surface area contributed by atoms with Crippen LogP contribution in [0.15, 0.2) is 0 Å². The van der Waals surface area contributed by atoms with Crippen molar-refractivity contribution < 1.29 is 9.53 Å². The molecule has 1 aliphatic rings. The van der Waals surface area contributed by atoms with Crippen molar-refractivity contribution in [3.05, 3.63) is 10.0 Å². The molecule has 2 amide bonds. The van der Waals surface area contributed by atoms with Crippen LogP contribution >= 0.6 is 11.3 Å². The van der Waals surface area contributed by atoms with Gasteiger partial charge in [-0.2, -0.15) is 0 Å². The van der Waals surface area contributed by atoms with Crippen molar-refractivity contribution in [1.82, 2.24) is 20.8 Å². The lowest BCUT2D eigenvalue weighted by Crippen LogP contribution is -2.41. The highest BCUT2D eigenvalue weighted by atomic mass is 32.1. The molecular formula is C16H28N4O2S. The number of urea groups is 1. The zero-order chi connectivity index (χ0) is 17.0. The lowest BCUT2D eigenvalue weighted by atomic mass is 9.92. The molecule has 0 bridgehead atoms. The number of hydrogen-bond acceptors (Lipinski definition) is 5. The van der Waals surface area contributed by atoms with E-state index < -0.39 is 0 Å². The maximum atomic E-state index is 11.9. The van der Waals surface area contributed by atoms with E-state index in [0.29, 0.717) is 19.0 Å². The van der Waals surface area contributed by atoms with E-state index in [9.17, 15) is 4.79 Å². The molecular weight excluding hydrogens is 312 g/mol. The minimum atomic E-state index is -0.149. The van der Waals surface area contributed by atoms with Crippen molar-refractivity contribution in [2.75, 3.05) is 6.54 Å². The zero-order valence-corrected chi connectivity index (χ0v) is 15.5. The van der Waals surface area contributed by atoms with E-state index in [2.05, 4.69) is 55.4 Å². The van der Waals surface area contributed by atoms with Crippen LogP contribution in [0.2, 0.25) is 0 Å². The molecule has 2 heterocycles. The molecule has 0 saturated carbocycles. The van der Waals surface area contributed by atoms with Gasteiger partial charge >= 0.3 is 6.03 Å². The van der Waals surface area contributed by atoms with Gasteiger partial charge in [0.1, 0.15) is 10.0 Å². The predicted molar refractivity (Wildman–Crippen MR) is 91.6 cm³/mol. The number of nitrogens with one attached hydrogen (secondary N) is 2. The van der Waals surface area contributed by atoms with Gasteiger partial charge in [-0.1, -0.05) is 32.1 Å². The number of hydrogen-bond donors (Lipinski definition) is 2. The number of amides is 2. The Labute approximate surface area is 142 Å². The fraction of sp³-hybridized carbons (Fsp3) is 0.812. The van der Waals surface area contributed by atoms with Gasteiger partial charge in [-0.15, -0.1) is 10.2 Å². The van der Waals surface area contributed by atoms with Crippen molar-refractivity contribution in [1.29, 1.82) is 0 Å². The SMILES string of the molecule is C[C@H]1CC(CNC(=O)NCc2nnc(C(C)(C)C)s2)C[C@H](C)O1. The Balaban J connectivity index is 1.72. The lowest BCUT2D eigenvalue weighted by Gasteiger charge is -2.32. The first kappa shape index (κ1) is 18.1. The first-order chi connectivity index (χ1) is 10.7. The van der Waals surface area contributed by atoms with Gasteiger partial charge in [-0.25, -0.2) is 4.79 Å². The number of nitrogens with zero attached hydrogens (tertiary/aromatic N) is 2. The van der Waals surface area contributed by atoms with Crippen molar-refractivity contribution >= 4 is 17.4 Å². The van der Waals surface area contributed by atoms with Gasteiger partial charge < -0.3 is 15.4 Å². The van der Waals surface area contributed by atoms with Crippen LogP contribution in [-0.4, -0.2) is 35.0 Å². The van der Waals surface area contributed by atoms with Crippen molar-refractivity contribution in [2.24, 2.45) is 5.92 Å². The fourth-order valence-corrected chi connectivity index (χ4v) is 3.63. The molecule has 2 N–H and O–H groups in total. The van der Waals surface area contributed by atoms with Gasteiger partial charge in [0.25, 0.3) is 0 Å². The molecule has 0 aliphatic carbocycles. The highest BCUT2D eigenvalue weighted by molar-refractivity contribution is 7.11. The van der Waals surface area contributed by atoms with Crippen LogP contribution in [0.4, 0.5) is 4.79 Å². The Morgan fingerprint density at radius 3 is 2.43 bits per heavy atom. The molecule has 130 valence electrons. The third-order valence-electron chi connectivity index (χ3n) is 3.86. The number of rotatable bonds is 4. The van der Waals surface area contributed by atoms with Gasteiger partial charge in [0, 0.05) is 12.0 Å². The highest BCUT2D eigenvalue weighted by Gasteiger charge is 2.24. The number of aromatic nitrogens is 2. The van der Waals surface area contributed by atoms with Gasteiger partial charge in [-0.05, 0) is 32.6 Å². The van der Waals surface area contributed by atoms with Gasteiger partial charge in [0.05, 0.1) is 18.8 Å². The predicted octanol–water partition coefficient (Wildman–Crippen LogP) is 2.84. The average molecular weight is 340 g/mol. The third kappa shape index (κ3) is 5.73. The monoisotopic (exact) mass is 340 g/mol. The quantitative estimate of drug-likeness (QED) is 0.884. The highest BCUT2D eigenvalue weighted by Crippen LogP contribution is 2.25. The van der Waals surface area contributed by atoms with E-state index in [1.165, 1.54) is 0 Å². The number of carbonyl (C=O) groups is 1. The van der Waals surface area contributed by atoms with Crippen molar-refractivity contribution in [3.8, 4) is 0 Å². The Kier molecular flexibility index (Phi) is 5.97. The van der Waals surface area contributed by atoms with Gasteiger partial charge in [0.2, 0.25) is 0 Å². The third-order valence-corrected chi connectivity index (χ3v) is 5.20. The summed E-state index contributed by atoms with van der Waals surface area (Å²) in [6.45, 7) is 11.6. The maximum absolute atomic E-state index is 11.9. The summed E-state index contributed by atoms with van der Waals surface area (Å²) in [7, 11) is 0. The first-order valence-corrected chi connectivity index (χ1v) is 9.05. The average Bonchev–Trinajstić information content (AvgIpc) is 2.91. The molecule has 2 atom stereocenters. The second kappa shape index (κ2) is 7.57. The lowest BCUT2D eigenvalue weighted by molar-refractivity contribution is -0.0511. The van der Waals surface area contributed by atoms with E-state index >= 15 is 0 Å². The molecule has 1 aliphatic heterocycles. The van der Waals surface area contributed by atoms with E-state index in [1.807, 2.05) is 0 Å². The molecule has 2 rings (SSSR count). The molecule has 1 saturated heterocycles. The number of carbonyl (C=O) groups excluding carboxylic acids is 1. The second-order valence-electron chi connectivity index (χ2n) is 7.41. The van der Waals surface area contributed by atoms with Crippen molar-refractivity contribution in [3.63, 3.8) is 0 Å². The van der Waals surface area contributed by atoms with E-state index in [0.717, 1.165) is 22.9 Å². The number of ether oxygens (including phenoxy) is 1. The largest absolute Gasteiger partial charge is 0.376 e. The Morgan fingerprint density at radius 2 is 1.87 bits per heavy atom. The van der Waals surface area contributed by atoms with E-state index in [1.54, 1.807) is 11.3 Å². The molecule has 0 aromatic carbocycles. The zero-order valence-electron chi connectivity index (χ0n) is 14.7. The van der Waals surface area contributed by atoms with Crippen LogP contribution in [0.3, 0.4) is 0 Å². The van der Waals surface area contributed by atoms with E-state index in [-0.39, 0.29) is 23.7 Å².